The van der Waals surface area contributed by atoms with E-state index in [9.17, 15) is 19.1 Å². The molecule has 0 radical (unpaired) electrons. The number of amides is 1. The van der Waals surface area contributed by atoms with Gasteiger partial charge in [0.25, 0.3) is 11.5 Å². The number of fused-ring (bicyclic) bond motifs is 1. The number of halogens is 1. The largest absolute Gasteiger partial charge is 0.481 e. The zero-order chi connectivity index (χ0) is 22.8. The maximum absolute atomic E-state index is 13.9. The Labute approximate surface area is 184 Å². The van der Waals surface area contributed by atoms with Crippen LogP contribution in [0.2, 0.25) is 0 Å². The number of pyridine rings is 1. The van der Waals surface area contributed by atoms with Crippen LogP contribution in [0.25, 0.3) is 21.9 Å². The van der Waals surface area contributed by atoms with E-state index < -0.39 is 12.1 Å². The maximum atomic E-state index is 13.9. The summed E-state index contributed by atoms with van der Waals surface area (Å²) in [6, 6.07) is 9.13. The van der Waals surface area contributed by atoms with Crippen molar-refractivity contribution in [3.05, 3.63) is 64.3 Å². The van der Waals surface area contributed by atoms with Gasteiger partial charge in [0.2, 0.25) is 0 Å². The summed E-state index contributed by atoms with van der Waals surface area (Å²) in [5, 5.41) is 10.5. The monoisotopic (exact) mass is 440 g/mol. The summed E-state index contributed by atoms with van der Waals surface area (Å²) in [6.45, 7) is 4.39. The number of hydrogen-bond acceptors (Lipinski definition) is 5. The summed E-state index contributed by atoms with van der Waals surface area (Å²) in [5.74, 6) is -0.252. The Morgan fingerprint density at radius 2 is 2.09 bits per heavy atom. The SMILES string of the molecule is Cc1ccc(F)cc1-c1c[nH]c(=O)c2cc(O[C@H](C)C(=O)N3CCOC[C@@H]3CO)ccc12. The fourth-order valence-corrected chi connectivity index (χ4v) is 4.00. The number of benzene rings is 2. The van der Waals surface area contributed by atoms with E-state index in [0.717, 1.165) is 5.56 Å². The molecule has 0 saturated carbocycles. The zero-order valence-electron chi connectivity index (χ0n) is 17.9. The molecule has 1 aliphatic rings. The van der Waals surface area contributed by atoms with Crippen molar-refractivity contribution in [2.75, 3.05) is 26.4 Å². The van der Waals surface area contributed by atoms with E-state index in [1.54, 1.807) is 42.3 Å². The van der Waals surface area contributed by atoms with Crippen molar-refractivity contribution in [3.63, 3.8) is 0 Å². The van der Waals surface area contributed by atoms with Gasteiger partial charge in [-0.2, -0.15) is 0 Å². The van der Waals surface area contributed by atoms with Crippen molar-refractivity contribution in [2.24, 2.45) is 0 Å². The van der Waals surface area contributed by atoms with Crippen molar-refractivity contribution < 1.29 is 23.8 Å². The van der Waals surface area contributed by atoms with Crippen LogP contribution in [0.4, 0.5) is 4.39 Å². The van der Waals surface area contributed by atoms with Gasteiger partial charge in [0.15, 0.2) is 6.10 Å². The normalized spacial score (nSPS) is 17.4. The molecule has 168 valence electrons. The van der Waals surface area contributed by atoms with E-state index in [1.807, 2.05) is 6.92 Å². The van der Waals surface area contributed by atoms with Crippen LogP contribution in [0.5, 0.6) is 5.75 Å². The highest BCUT2D eigenvalue weighted by Crippen LogP contribution is 2.31. The fourth-order valence-electron chi connectivity index (χ4n) is 4.00. The van der Waals surface area contributed by atoms with Gasteiger partial charge < -0.3 is 24.5 Å². The number of carbonyl (C=O) groups excluding carboxylic acids is 1. The number of hydrogen-bond donors (Lipinski definition) is 2. The Morgan fingerprint density at radius 3 is 2.88 bits per heavy atom. The van der Waals surface area contributed by atoms with E-state index >= 15 is 0 Å². The van der Waals surface area contributed by atoms with E-state index in [1.165, 1.54) is 12.1 Å². The first-order valence-electron chi connectivity index (χ1n) is 10.5. The number of morpholine rings is 1. The molecule has 2 atom stereocenters. The number of ether oxygens (including phenoxy) is 2. The molecule has 2 heterocycles. The van der Waals surface area contributed by atoms with Gasteiger partial charge in [0.05, 0.1) is 31.2 Å². The summed E-state index contributed by atoms with van der Waals surface area (Å²) in [6.07, 6.45) is 0.763. The lowest BCUT2D eigenvalue weighted by Gasteiger charge is -2.35. The molecule has 2 N–H and O–H groups in total. The molecule has 7 nitrogen and oxygen atoms in total. The van der Waals surface area contributed by atoms with Crippen molar-refractivity contribution >= 4 is 16.7 Å². The summed E-state index contributed by atoms with van der Waals surface area (Å²) >= 11 is 0. The number of carbonyl (C=O) groups is 1. The van der Waals surface area contributed by atoms with Gasteiger partial charge in [-0.15, -0.1) is 0 Å². The Kier molecular flexibility index (Phi) is 6.25. The third-order valence-corrected chi connectivity index (χ3v) is 5.75. The third kappa shape index (κ3) is 4.24. The average Bonchev–Trinajstić information content (AvgIpc) is 2.80. The number of rotatable bonds is 5. The molecule has 2 aromatic carbocycles. The Hall–Kier alpha value is -3.23. The summed E-state index contributed by atoms with van der Waals surface area (Å²) in [7, 11) is 0. The highest BCUT2D eigenvalue weighted by molar-refractivity contribution is 5.97. The second kappa shape index (κ2) is 9.10. The molecule has 1 saturated heterocycles. The summed E-state index contributed by atoms with van der Waals surface area (Å²) in [5.41, 5.74) is 1.95. The minimum atomic E-state index is -0.813. The van der Waals surface area contributed by atoms with Gasteiger partial charge in [-0.25, -0.2) is 4.39 Å². The lowest BCUT2D eigenvalue weighted by Crippen LogP contribution is -2.54. The molecule has 1 amide bonds. The van der Waals surface area contributed by atoms with Gasteiger partial charge in [-0.1, -0.05) is 6.07 Å². The number of H-pyrrole nitrogens is 1. The Bertz CT molecular complexity index is 1210. The Balaban J connectivity index is 1.64. The second-order valence-corrected chi connectivity index (χ2v) is 7.90. The van der Waals surface area contributed by atoms with Crippen molar-refractivity contribution in [1.82, 2.24) is 9.88 Å². The van der Waals surface area contributed by atoms with Gasteiger partial charge in [0.1, 0.15) is 11.6 Å². The summed E-state index contributed by atoms with van der Waals surface area (Å²) < 4.78 is 25.0. The van der Waals surface area contributed by atoms with Crippen molar-refractivity contribution in [2.45, 2.75) is 26.0 Å². The molecule has 32 heavy (non-hydrogen) atoms. The quantitative estimate of drug-likeness (QED) is 0.637. The summed E-state index contributed by atoms with van der Waals surface area (Å²) in [4.78, 5) is 29.6. The lowest BCUT2D eigenvalue weighted by molar-refractivity contribution is -0.148. The highest BCUT2D eigenvalue weighted by atomic mass is 19.1. The highest BCUT2D eigenvalue weighted by Gasteiger charge is 2.30. The standard InChI is InChI=1S/C24H25FN2O5/c1-14-3-4-16(25)9-20(14)22-11-26-23(29)21-10-18(5-6-19(21)22)32-15(2)24(30)27-7-8-31-13-17(27)12-28/h3-6,9-11,15,17,28H,7-8,12-13H2,1-2H3,(H,26,29)/t15-,17+/m1/s1. The molecule has 1 fully saturated rings. The minimum Gasteiger partial charge on any atom is -0.481 e. The molecular weight excluding hydrogens is 415 g/mol. The van der Waals surface area contributed by atoms with Crippen LogP contribution >= 0.6 is 0 Å². The van der Waals surface area contributed by atoms with Crippen LogP contribution in [0.1, 0.15) is 12.5 Å². The van der Waals surface area contributed by atoms with E-state index in [4.69, 9.17) is 9.47 Å². The number of aliphatic hydroxyl groups excluding tert-OH is 1. The average molecular weight is 440 g/mol. The third-order valence-electron chi connectivity index (χ3n) is 5.75. The van der Waals surface area contributed by atoms with E-state index in [0.29, 0.717) is 40.8 Å². The van der Waals surface area contributed by atoms with Gasteiger partial charge in [-0.3, -0.25) is 9.59 Å². The zero-order valence-corrected chi connectivity index (χ0v) is 17.9. The van der Waals surface area contributed by atoms with Crippen LogP contribution in [0.3, 0.4) is 0 Å². The molecule has 1 aromatic heterocycles. The van der Waals surface area contributed by atoms with Gasteiger partial charge in [0, 0.05) is 18.3 Å². The van der Waals surface area contributed by atoms with Crippen LogP contribution in [-0.4, -0.2) is 59.4 Å². The van der Waals surface area contributed by atoms with Gasteiger partial charge in [-0.05, 0) is 60.7 Å². The van der Waals surface area contributed by atoms with Gasteiger partial charge >= 0.3 is 0 Å². The van der Waals surface area contributed by atoms with Crippen LogP contribution in [0.15, 0.2) is 47.4 Å². The molecule has 0 aliphatic carbocycles. The predicted octanol–water partition coefficient (Wildman–Crippen LogP) is 2.63. The fraction of sp³-hybridized carbons (Fsp3) is 0.333. The topological polar surface area (TPSA) is 91.9 Å². The van der Waals surface area contributed by atoms with Crippen LogP contribution in [-0.2, 0) is 9.53 Å². The molecule has 3 aromatic rings. The number of aromatic nitrogens is 1. The van der Waals surface area contributed by atoms with Crippen LogP contribution in [0, 0.1) is 12.7 Å². The number of aromatic amines is 1. The van der Waals surface area contributed by atoms with E-state index in [2.05, 4.69) is 4.98 Å². The lowest BCUT2D eigenvalue weighted by atomic mass is 9.97. The Morgan fingerprint density at radius 1 is 1.28 bits per heavy atom. The van der Waals surface area contributed by atoms with Crippen LogP contribution < -0.4 is 10.3 Å². The minimum absolute atomic E-state index is 0.188. The maximum Gasteiger partial charge on any atom is 0.263 e. The number of nitrogens with one attached hydrogen (secondary N) is 1. The first kappa shape index (κ1) is 22.0. The number of aryl methyl sites for hydroxylation is 1. The molecule has 0 bridgehead atoms. The van der Waals surface area contributed by atoms with Crippen molar-refractivity contribution in [1.29, 1.82) is 0 Å². The molecule has 4 rings (SSSR count). The first-order chi connectivity index (χ1) is 15.4. The predicted molar refractivity (Wildman–Crippen MR) is 118 cm³/mol. The molecule has 0 spiro atoms. The molecule has 1 aliphatic heterocycles. The smallest absolute Gasteiger partial charge is 0.263 e. The van der Waals surface area contributed by atoms with E-state index in [-0.39, 0.29) is 30.5 Å². The number of nitrogens with zero attached hydrogens (tertiary/aromatic N) is 1. The molecular formula is C24H25FN2O5. The first-order valence-corrected chi connectivity index (χ1v) is 10.5. The number of aliphatic hydroxyl groups is 1. The van der Waals surface area contributed by atoms with Crippen molar-refractivity contribution in [3.8, 4) is 16.9 Å². The molecule has 0 unspecified atom stereocenters. The second-order valence-electron chi connectivity index (χ2n) is 7.90. The molecule has 8 heteroatoms.